The molecule has 0 saturated heterocycles. The molecule has 3 N–H and O–H groups in total. The van der Waals surface area contributed by atoms with Crippen LogP contribution in [0.15, 0.2) is 70.5 Å². The molecular weight excluding hydrogens is 478 g/mol. The predicted molar refractivity (Wildman–Crippen MR) is 113 cm³/mol. The monoisotopic (exact) mass is 490 g/mol. The third-order valence-corrected chi connectivity index (χ3v) is 7.07. The van der Waals surface area contributed by atoms with E-state index in [2.05, 4.69) is 9.44 Å². The molecule has 0 fully saturated rings. The van der Waals surface area contributed by atoms with Gasteiger partial charge in [-0.3, -0.25) is 9.44 Å². The molecule has 12 heteroatoms. The summed E-state index contributed by atoms with van der Waals surface area (Å²) in [6, 6.07) is 11.7. The van der Waals surface area contributed by atoms with Crippen LogP contribution in [0.1, 0.15) is 0 Å². The molecule has 7 nitrogen and oxygen atoms in total. The van der Waals surface area contributed by atoms with Gasteiger partial charge in [0, 0.05) is 5.02 Å². The molecule has 158 valence electrons. The van der Waals surface area contributed by atoms with E-state index < -0.39 is 42.3 Å². The zero-order valence-electron chi connectivity index (χ0n) is 14.8. The molecule has 0 bridgehead atoms. The van der Waals surface area contributed by atoms with Gasteiger partial charge >= 0.3 is 0 Å². The molecule has 0 radical (unpaired) electrons. The Morgan fingerprint density at radius 2 is 1.43 bits per heavy atom. The second-order valence-electron chi connectivity index (χ2n) is 5.98. The fraction of sp³-hybridized carbons (Fsp3) is 0. The van der Waals surface area contributed by atoms with E-state index in [-0.39, 0.29) is 15.5 Å². The first kappa shape index (κ1) is 22.2. The van der Waals surface area contributed by atoms with Gasteiger partial charge in [-0.25, -0.2) is 21.2 Å². The number of hydrogen-bond acceptors (Lipinski definition) is 5. The van der Waals surface area contributed by atoms with E-state index in [1.807, 2.05) is 0 Å². The Balaban J connectivity index is 1.94. The minimum Gasteiger partial charge on any atom is -0.506 e. The van der Waals surface area contributed by atoms with Crippen LogP contribution in [0, 0.1) is 5.82 Å². The van der Waals surface area contributed by atoms with Crippen LogP contribution in [-0.4, -0.2) is 21.9 Å². The standard InChI is InChI=1S/C18H13Cl2FN2O5S2/c19-11-2-1-3-12(8-11)22-29(25,26)14-5-7-18(24)17(10-14)23-30(27,28)13-4-6-16(21)15(20)9-13/h1-10,22-24H. The molecule has 0 amide bonds. The van der Waals surface area contributed by atoms with Crippen molar-refractivity contribution in [2.75, 3.05) is 9.44 Å². The molecule has 30 heavy (non-hydrogen) atoms. The van der Waals surface area contributed by atoms with Crippen LogP contribution in [0.5, 0.6) is 5.75 Å². The first-order valence-corrected chi connectivity index (χ1v) is 11.8. The number of rotatable bonds is 6. The Morgan fingerprint density at radius 3 is 2.10 bits per heavy atom. The van der Waals surface area contributed by atoms with Gasteiger partial charge < -0.3 is 5.11 Å². The van der Waals surface area contributed by atoms with Crippen LogP contribution < -0.4 is 9.44 Å². The number of anilines is 2. The maximum absolute atomic E-state index is 13.3. The maximum Gasteiger partial charge on any atom is 0.262 e. The van der Waals surface area contributed by atoms with Gasteiger partial charge in [0.1, 0.15) is 11.6 Å². The van der Waals surface area contributed by atoms with Crippen LogP contribution >= 0.6 is 23.2 Å². The molecular formula is C18H13Cl2FN2O5S2. The third-order valence-electron chi connectivity index (χ3n) is 3.80. The van der Waals surface area contributed by atoms with E-state index in [1.165, 1.54) is 12.1 Å². The lowest BCUT2D eigenvalue weighted by Gasteiger charge is -2.13. The minimum absolute atomic E-state index is 0.193. The summed E-state index contributed by atoms with van der Waals surface area (Å²) < 4.78 is 68.0. The average molecular weight is 491 g/mol. The van der Waals surface area contributed by atoms with Crippen LogP contribution in [0.2, 0.25) is 10.0 Å². The van der Waals surface area contributed by atoms with E-state index in [0.29, 0.717) is 5.02 Å². The second kappa shape index (κ2) is 8.31. The highest BCUT2D eigenvalue weighted by atomic mass is 35.5. The molecule has 0 unspecified atom stereocenters. The highest BCUT2D eigenvalue weighted by molar-refractivity contribution is 7.93. The molecule has 3 rings (SSSR count). The summed E-state index contributed by atoms with van der Waals surface area (Å²) in [6.07, 6.45) is 0. The van der Waals surface area contributed by atoms with Crippen molar-refractivity contribution in [2.45, 2.75) is 9.79 Å². The Hall–Kier alpha value is -2.53. The quantitative estimate of drug-likeness (QED) is 0.442. The Kier molecular flexibility index (Phi) is 6.14. The fourth-order valence-electron chi connectivity index (χ4n) is 2.38. The van der Waals surface area contributed by atoms with Gasteiger partial charge in [-0.1, -0.05) is 29.3 Å². The maximum atomic E-state index is 13.3. The van der Waals surface area contributed by atoms with Crippen LogP contribution in [-0.2, 0) is 20.0 Å². The normalized spacial score (nSPS) is 11.8. The first-order valence-electron chi connectivity index (χ1n) is 8.07. The summed E-state index contributed by atoms with van der Waals surface area (Å²) >= 11 is 11.5. The van der Waals surface area contributed by atoms with Crippen molar-refractivity contribution in [3.63, 3.8) is 0 Å². The van der Waals surface area contributed by atoms with Gasteiger partial charge in [0.15, 0.2) is 0 Å². The second-order valence-corrected chi connectivity index (χ2v) is 10.2. The highest BCUT2D eigenvalue weighted by Crippen LogP contribution is 2.30. The van der Waals surface area contributed by atoms with Gasteiger partial charge in [0.2, 0.25) is 0 Å². The number of phenols is 1. The lowest BCUT2D eigenvalue weighted by Crippen LogP contribution is -2.16. The Bertz CT molecular complexity index is 1330. The van der Waals surface area contributed by atoms with Gasteiger partial charge in [-0.05, 0) is 54.6 Å². The van der Waals surface area contributed by atoms with Gasteiger partial charge in [0.05, 0.1) is 26.2 Å². The first-order chi connectivity index (χ1) is 14.0. The lowest BCUT2D eigenvalue weighted by atomic mass is 10.3. The summed E-state index contributed by atoms with van der Waals surface area (Å²) in [5, 5.41) is 9.89. The van der Waals surface area contributed by atoms with Crippen LogP contribution in [0.4, 0.5) is 15.8 Å². The Labute approximate surface area is 182 Å². The van der Waals surface area contributed by atoms with Crippen LogP contribution in [0.3, 0.4) is 0 Å². The number of nitrogens with one attached hydrogen (secondary N) is 2. The SMILES string of the molecule is O=S(=O)(Nc1cccc(Cl)c1)c1ccc(O)c(NS(=O)(=O)c2ccc(F)c(Cl)c2)c1. The number of sulfonamides is 2. The molecule has 0 saturated carbocycles. The van der Waals surface area contributed by atoms with Crippen molar-refractivity contribution >= 4 is 54.6 Å². The van der Waals surface area contributed by atoms with Gasteiger partial charge in [-0.15, -0.1) is 0 Å². The summed E-state index contributed by atoms with van der Waals surface area (Å²) in [5.41, 5.74) is -0.205. The van der Waals surface area contributed by atoms with E-state index in [4.69, 9.17) is 23.2 Å². The predicted octanol–water partition coefficient (Wildman–Crippen LogP) is 4.44. The van der Waals surface area contributed by atoms with Crippen molar-refractivity contribution in [3.8, 4) is 5.75 Å². The number of halogens is 3. The average Bonchev–Trinajstić information content (AvgIpc) is 2.65. The summed E-state index contributed by atoms with van der Waals surface area (Å²) in [6.45, 7) is 0. The summed E-state index contributed by atoms with van der Waals surface area (Å²) in [4.78, 5) is -0.700. The minimum atomic E-state index is -4.30. The smallest absolute Gasteiger partial charge is 0.262 e. The number of aromatic hydroxyl groups is 1. The van der Waals surface area contributed by atoms with E-state index in [0.717, 1.165) is 36.4 Å². The molecule has 0 aliphatic carbocycles. The summed E-state index contributed by atoms with van der Waals surface area (Å²) in [7, 11) is -8.42. The van der Waals surface area contributed by atoms with E-state index in [1.54, 1.807) is 12.1 Å². The van der Waals surface area contributed by atoms with Crippen molar-refractivity contribution in [3.05, 3.63) is 76.5 Å². The fourth-order valence-corrected chi connectivity index (χ4v) is 4.98. The van der Waals surface area contributed by atoms with E-state index >= 15 is 0 Å². The molecule has 0 aliphatic rings. The largest absolute Gasteiger partial charge is 0.506 e. The van der Waals surface area contributed by atoms with Crippen molar-refractivity contribution in [2.24, 2.45) is 0 Å². The van der Waals surface area contributed by atoms with Crippen LogP contribution in [0.25, 0.3) is 0 Å². The molecule has 0 aliphatic heterocycles. The van der Waals surface area contributed by atoms with Gasteiger partial charge in [-0.2, -0.15) is 0 Å². The number of hydrogen-bond donors (Lipinski definition) is 3. The van der Waals surface area contributed by atoms with Crippen molar-refractivity contribution in [1.82, 2.24) is 0 Å². The zero-order chi connectivity index (χ0) is 22.1. The zero-order valence-corrected chi connectivity index (χ0v) is 17.9. The molecule has 0 spiro atoms. The third kappa shape index (κ3) is 4.96. The van der Waals surface area contributed by atoms with Crippen molar-refractivity contribution < 1.29 is 26.3 Å². The van der Waals surface area contributed by atoms with Crippen molar-refractivity contribution in [1.29, 1.82) is 0 Å². The van der Waals surface area contributed by atoms with Gasteiger partial charge in [0.25, 0.3) is 20.0 Å². The Morgan fingerprint density at radius 1 is 0.800 bits per heavy atom. The highest BCUT2D eigenvalue weighted by Gasteiger charge is 2.21. The molecule has 3 aromatic carbocycles. The number of phenolic OH excluding ortho intramolecular Hbond substituents is 1. The topological polar surface area (TPSA) is 113 Å². The summed E-state index contributed by atoms with van der Waals surface area (Å²) in [5.74, 6) is -1.33. The van der Waals surface area contributed by atoms with E-state index in [9.17, 15) is 26.3 Å². The lowest BCUT2D eigenvalue weighted by molar-refractivity contribution is 0.477. The molecule has 0 heterocycles. The molecule has 3 aromatic rings. The molecule has 0 atom stereocenters. The number of benzene rings is 3. The molecule has 0 aromatic heterocycles.